The number of amides is 9. The van der Waals surface area contributed by atoms with Crippen molar-refractivity contribution in [2.45, 2.75) is 133 Å². The SMILES string of the molecule is CC[C@H](C)[C@H](NC(=O)[C@H](Cc1ccccc1)NC(=O)CNC(=O)[C@H](C)NC(=O)[C@H](CCC(=O)O)NC(=O)[C@H](C)NC(=O)[C@H](CCSC)NC(=O)[C@@H](N)CCCN=C(N)N)C(=O)N[C@@H](Cc1cnc[nH]1)C(=O)N[C@@H](CS)C(=O)O. The number of carboxylic acids is 2. The summed E-state index contributed by atoms with van der Waals surface area (Å²) in [6.07, 6.45) is 4.42. The van der Waals surface area contributed by atoms with Gasteiger partial charge in [0, 0.05) is 43.5 Å². The zero-order valence-corrected chi connectivity index (χ0v) is 45.9. The summed E-state index contributed by atoms with van der Waals surface area (Å²) in [5.41, 5.74) is 17.7. The Morgan fingerprint density at radius 1 is 0.692 bits per heavy atom. The Bertz CT molecular complexity index is 2360. The van der Waals surface area contributed by atoms with E-state index in [4.69, 9.17) is 17.2 Å². The van der Waals surface area contributed by atoms with E-state index in [1.807, 2.05) is 0 Å². The third-order valence-corrected chi connectivity index (χ3v) is 12.9. The van der Waals surface area contributed by atoms with Crippen molar-refractivity contribution < 1.29 is 63.0 Å². The van der Waals surface area contributed by atoms with E-state index < -0.39 is 145 Å². The number of thioether (sulfide) groups is 1. The van der Waals surface area contributed by atoms with Gasteiger partial charge in [-0.05, 0) is 63.0 Å². The van der Waals surface area contributed by atoms with Crippen LogP contribution in [0.3, 0.4) is 0 Å². The van der Waals surface area contributed by atoms with Crippen molar-refractivity contribution in [1.82, 2.24) is 57.8 Å². The predicted octanol–water partition coefficient (Wildman–Crippen LogP) is -3.71. The van der Waals surface area contributed by atoms with Crippen molar-refractivity contribution >= 4 is 95.5 Å². The summed E-state index contributed by atoms with van der Waals surface area (Å²) < 4.78 is 0. The molecule has 0 radical (unpaired) electrons. The lowest BCUT2D eigenvalue weighted by Crippen LogP contribution is -2.60. The van der Waals surface area contributed by atoms with Gasteiger partial charge in [0.15, 0.2) is 5.96 Å². The highest BCUT2D eigenvalue weighted by atomic mass is 32.2. The minimum Gasteiger partial charge on any atom is -0.481 e. The quantitative estimate of drug-likeness (QED) is 0.0135. The fraction of sp³-hybridized carbons (Fsp3) is 0.562. The smallest absolute Gasteiger partial charge is 0.327 e. The first-order valence-corrected chi connectivity index (χ1v) is 27.0. The first-order chi connectivity index (χ1) is 36.9. The third-order valence-electron chi connectivity index (χ3n) is 11.9. The van der Waals surface area contributed by atoms with Crippen molar-refractivity contribution in [2.24, 2.45) is 28.1 Å². The highest BCUT2D eigenvalue weighted by molar-refractivity contribution is 7.98. The third kappa shape index (κ3) is 24.7. The van der Waals surface area contributed by atoms with Gasteiger partial charge in [-0.2, -0.15) is 24.4 Å². The summed E-state index contributed by atoms with van der Waals surface area (Å²) in [4.78, 5) is 155. The summed E-state index contributed by atoms with van der Waals surface area (Å²) in [6.45, 7) is 5.50. The number of aromatic nitrogens is 2. The molecular formula is C48H75N15O13S2. The Kier molecular flexibility index (Phi) is 29.9. The number of thiol groups is 1. The fourth-order valence-electron chi connectivity index (χ4n) is 7.15. The summed E-state index contributed by atoms with van der Waals surface area (Å²) >= 11 is 5.39. The molecule has 0 saturated heterocycles. The Morgan fingerprint density at radius 3 is 1.82 bits per heavy atom. The molecule has 0 saturated carbocycles. The molecule has 10 atom stereocenters. The van der Waals surface area contributed by atoms with Gasteiger partial charge in [0.1, 0.15) is 48.3 Å². The second-order valence-electron chi connectivity index (χ2n) is 18.2. The molecule has 0 bridgehead atoms. The Hall–Kier alpha value is -7.47. The van der Waals surface area contributed by atoms with Gasteiger partial charge in [-0.25, -0.2) is 9.78 Å². The van der Waals surface area contributed by atoms with Crippen LogP contribution in [0.5, 0.6) is 0 Å². The first kappa shape index (κ1) is 66.6. The Morgan fingerprint density at radius 2 is 1.26 bits per heavy atom. The average Bonchev–Trinajstić information content (AvgIpc) is 3.92. The number of aliphatic carboxylic acids is 2. The minimum atomic E-state index is -1.53. The van der Waals surface area contributed by atoms with Crippen molar-refractivity contribution in [3.8, 4) is 0 Å². The number of aliphatic imine (C=N–C) groups is 1. The number of hydrogen-bond acceptors (Lipinski definition) is 16. The topological polar surface area (TPSA) is 456 Å². The van der Waals surface area contributed by atoms with Crippen LogP contribution in [0.25, 0.3) is 0 Å². The van der Waals surface area contributed by atoms with E-state index >= 15 is 0 Å². The Labute approximate surface area is 461 Å². The van der Waals surface area contributed by atoms with Gasteiger partial charge in [-0.1, -0.05) is 50.6 Å². The maximum atomic E-state index is 14.1. The summed E-state index contributed by atoms with van der Waals surface area (Å²) in [5.74, 6) is -10.6. The van der Waals surface area contributed by atoms with Crippen LogP contribution in [0, 0.1) is 5.92 Å². The Balaban J connectivity index is 2.18. The molecule has 1 aromatic carbocycles. The summed E-state index contributed by atoms with van der Waals surface area (Å²) in [6, 6.07) is -3.14. The highest BCUT2D eigenvalue weighted by Crippen LogP contribution is 2.12. The number of aromatic amines is 1. The molecule has 432 valence electrons. The van der Waals surface area contributed by atoms with Crippen LogP contribution in [0.1, 0.15) is 77.5 Å². The average molecular weight is 1130 g/mol. The molecule has 0 aliphatic carbocycles. The van der Waals surface area contributed by atoms with E-state index in [-0.39, 0.29) is 43.9 Å². The number of benzene rings is 1. The van der Waals surface area contributed by atoms with Gasteiger partial charge < -0.3 is 80.2 Å². The molecule has 30 heteroatoms. The van der Waals surface area contributed by atoms with E-state index in [0.717, 1.165) is 0 Å². The minimum absolute atomic E-state index is 0.0852. The summed E-state index contributed by atoms with van der Waals surface area (Å²) in [7, 11) is 0. The van der Waals surface area contributed by atoms with Gasteiger partial charge in [0.25, 0.3) is 0 Å². The molecule has 2 rings (SSSR count). The van der Waals surface area contributed by atoms with E-state index in [1.54, 1.807) is 50.4 Å². The van der Waals surface area contributed by atoms with E-state index in [9.17, 15) is 63.0 Å². The molecule has 28 nitrogen and oxygen atoms in total. The second-order valence-corrected chi connectivity index (χ2v) is 19.5. The van der Waals surface area contributed by atoms with E-state index in [0.29, 0.717) is 29.9 Å². The van der Waals surface area contributed by atoms with Gasteiger partial charge in [0.05, 0.1) is 18.9 Å². The molecule has 0 aliphatic heterocycles. The van der Waals surface area contributed by atoms with Crippen LogP contribution in [-0.2, 0) is 65.6 Å². The maximum absolute atomic E-state index is 14.1. The van der Waals surface area contributed by atoms with Crippen molar-refractivity contribution in [3.05, 3.63) is 54.1 Å². The van der Waals surface area contributed by atoms with Crippen LogP contribution in [0.2, 0.25) is 0 Å². The van der Waals surface area contributed by atoms with Crippen molar-refractivity contribution in [2.75, 3.05) is 30.9 Å². The first-order valence-electron chi connectivity index (χ1n) is 25.0. The van der Waals surface area contributed by atoms with Gasteiger partial charge >= 0.3 is 11.9 Å². The lowest BCUT2D eigenvalue weighted by molar-refractivity contribution is -0.141. The van der Waals surface area contributed by atoms with Crippen LogP contribution >= 0.6 is 24.4 Å². The molecule has 0 aliphatic rings. The molecule has 1 heterocycles. The zero-order valence-electron chi connectivity index (χ0n) is 44.2. The van der Waals surface area contributed by atoms with E-state index in [1.165, 1.54) is 38.1 Å². The molecule has 0 spiro atoms. The molecule has 1 aromatic heterocycles. The number of guanidine groups is 1. The number of carboxylic acid groups (broad SMARTS) is 2. The fourth-order valence-corrected chi connectivity index (χ4v) is 7.87. The monoisotopic (exact) mass is 1130 g/mol. The predicted molar refractivity (Wildman–Crippen MR) is 291 cm³/mol. The number of nitrogens with zero attached hydrogens (tertiary/aromatic N) is 2. The number of carbonyl (C=O) groups is 11. The molecule has 2 aromatic rings. The largest absolute Gasteiger partial charge is 0.481 e. The molecule has 0 unspecified atom stereocenters. The molecule has 9 amide bonds. The second kappa shape index (κ2) is 35.0. The van der Waals surface area contributed by atoms with Gasteiger partial charge in [-0.3, -0.25) is 52.9 Å². The number of nitrogens with two attached hydrogens (primary N) is 3. The van der Waals surface area contributed by atoms with Crippen LogP contribution in [-0.4, -0.2) is 176 Å². The van der Waals surface area contributed by atoms with Crippen molar-refractivity contribution in [1.29, 1.82) is 0 Å². The zero-order chi connectivity index (χ0) is 58.5. The van der Waals surface area contributed by atoms with Gasteiger partial charge in [-0.15, -0.1) is 0 Å². The van der Waals surface area contributed by atoms with E-state index in [2.05, 4.69) is 75.4 Å². The maximum Gasteiger partial charge on any atom is 0.327 e. The van der Waals surface area contributed by atoms with Gasteiger partial charge in [0.2, 0.25) is 53.2 Å². The lowest BCUT2D eigenvalue weighted by atomic mass is 9.96. The number of nitrogens with one attached hydrogen (secondary N) is 10. The van der Waals surface area contributed by atoms with Crippen LogP contribution in [0.4, 0.5) is 0 Å². The lowest BCUT2D eigenvalue weighted by Gasteiger charge is -2.28. The van der Waals surface area contributed by atoms with Crippen LogP contribution in [0.15, 0.2) is 47.8 Å². The normalized spacial score (nSPS) is 14.8. The van der Waals surface area contributed by atoms with Crippen LogP contribution < -0.4 is 65.1 Å². The number of hydrogen-bond donors (Lipinski definition) is 16. The number of rotatable bonds is 36. The number of carbonyl (C=O) groups excluding carboxylic acids is 9. The standard InChI is InChI=1S/C48H75N15O13S2/c1-6-25(2)38(46(74)61-34(20-29-21-52-24-55-29)44(72)62-35(23-77)47(75)76)63-45(73)33(19-28-11-8-7-9-12-28)58-36(64)22-54-39(67)26(3)56-42(70)31(14-15-37(65)66)59-40(68)27(4)57-43(71)32(16-18-78-5)60-41(69)30(49)13-10-17-53-48(50)51/h7-9,11-12,21,24-27,30-35,38,77H,6,10,13-20,22-23,49H2,1-5H3,(H,52,55)(H,54,67)(H,56,70)(H,57,71)(H,58,64)(H,59,68)(H,60,69)(H,61,74)(H,62,72)(H,63,73)(H,65,66)(H,75,76)(H4,50,51,53)/t25-,26-,27-,30-,31-,32-,33-,34-,35-,38-/m0/s1. The molecular weight excluding hydrogens is 1060 g/mol. The number of imidazole rings is 1. The summed E-state index contributed by atoms with van der Waals surface area (Å²) in [5, 5.41) is 41.3. The molecule has 78 heavy (non-hydrogen) atoms. The highest BCUT2D eigenvalue weighted by Gasteiger charge is 2.35. The molecule has 18 N–H and O–H groups in total. The number of H-pyrrole nitrogens is 1. The molecule has 0 fully saturated rings. The van der Waals surface area contributed by atoms with Crippen molar-refractivity contribution in [3.63, 3.8) is 0 Å².